The van der Waals surface area contributed by atoms with Crippen LogP contribution in [0.1, 0.15) is 116 Å². The highest BCUT2D eigenvalue weighted by Gasteiger charge is 1.99. The van der Waals surface area contributed by atoms with Crippen molar-refractivity contribution >= 4 is 12.3 Å². The normalized spacial score (nSPS) is 10.7. The SMILES string of the molecule is COC(=O)CCCCCCCCCCCCCCCCCCC=O. The van der Waals surface area contributed by atoms with Crippen LogP contribution in [0.25, 0.3) is 0 Å². The van der Waals surface area contributed by atoms with Gasteiger partial charge in [0.05, 0.1) is 7.11 Å². The summed E-state index contributed by atoms with van der Waals surface area (Å²) in [5, 5.41) is 0. The predicted octanol–water partition coefficient (Wildman–Crippen LogP) is 6.38. The molecule has 142 valence electrons. The average Bonchev–Trinajstić information content (AvgIpc) is 2.60. The Morgan fingerprint density at radius 1 is 0.625 bits per heavy atom. The van der Waals surface area contributed by atoms with Gasteiger partial charge in [-0.25, -0.2) is 0 Å². The zero-order valence-electron chi connectivity index (χ0n) is 16.0. The standard InChI is InChI=1S/C21H40O3/c1-24-21(23)19-17-15-13-11-9-7-5-3-2-4-6-8-10-12-14-16-18-20-22/h20H,2-19H2,1H3. The molecule has 0 atom stereocenters. The van der Waals surface area contributed by atoms with Crippen LogP contribution >= 0.6 is 0 Å². The van der Waals surface area contributed by atoms with Gasteiger partial charge in [0.1, 0.15) is 6.29 Å². The zero-order valence-corrected chi connectivity index (χ0v) is 16.0. The summed E-state index contributed by atoms with van der Waals surface area (Å²) in [6.45, 7) is 0. The molecule has 0 amide bonds. The quantitative estimate of drug-likeness (QED) is 0.156. The second-order valence-electron chi connectivity index (χ2n) is 6.94. The summed E-state index contributed by atoms with van der Waals surface area (Å²) in [5.41, 5.74) is 0. The second kappa shape index (κ2) is 20.2. The molecule has 24 heavy (non-hydrogen) atoms. The van der Waals surface area contributed by atoms with E-state index in [1.807, 2.05) is 0 Å². The Labute approximate surface area is 149 Å². The highest BCUT2D eigenvalue weighted by Crippen LogP contribution is 2.14. The van der Waals surface area contributed by atoms with Gasteiger partial charge >= 0.3 is 5.97 Å². The van der Waals surface area contributed by atoms with Gasteiger partial charge in [-0.05, 0) is 12.8 Å². The van der Waals surface area contributed by atoms with Crippen molar-refractivity contribution in [1.29, 1.82) is 0 Å². The molecule has 0 aliphatic carbocycles. The highest BCUT2D eigenvalue weighted by atomic mass is 16.5. The van der Waals surface area contributed by atoms with Crippen LogP contribution in [0.5, 0.6) is 0 Å². The lowest BCUT2D eigenvalue weighted by atomic mass is 10.0. The summed E-state index contributed by atoms with van der Waals surface area (Å²) in [6, 6.07) is 0. The topological polar surface area (TPSA) is 43.4 Å². The van der Waals surface area contributed by atoms with Crippen LogP contribution in [0, 0.1) is 0 Å². The fourth-order valence-electron chi connectivity index (χ4n) is 3.07. The van der Waals surface area contributed by atoms with E-state index in [1.54, 1.807) is 0 Å². The lowest BCUT2D eigenvalue weighted by molar-refractivity contribution is -0.140. The molecule has 0 heterocycles. The Hall–Kier alpha value is -0.860. The molecule has 0 bridgehead atoms. The van der Waals surface area contributed by atoms with E-state index in [4.69, 9.17) is 0 Å². The fraction of sp³-hybridized carbons (Fsp3) is 0.905. The molecule has 0 aromatic carbocycles. The largest absolute Gasteiger partial charge is 0.469 e. The Kier molecular flexibility index (Phi) is 19.5. The maximum atomic E-state index is 10.9. The molecular weight excluding hydrogens is 300 g/mol. The fourth-order valence-corrected chi connectivity index (χ4v) is 3.07. The van der Waals surface area contributed by atoms with Crippen molar-refractivity contribution < 1.29 is 14.3 Å². The monoisotopic (exact) mass is 340 g/mol. The minimum absolute atomic E-state index is 0.0760. The molecule has 0 aliphatic heterocycles. The number of hydrogen-bond donors (Lipinski definition) is 0. The van der Waals surface area contributed by atoms with Crippen molar-refractivity contribution in [2.45, 2.75) is 116 Å². The summed E-state index contributed by atoms with van der Waals surface area (Å²) in [5.74, 6) is -0.0760. The molecular formula is C21H40O3. The molecule has 0 N–H and O–H groups in total. The minimum Gasteiger partial charge on any atom is -0.469 e. The third-order valence-electron chi connectivity index (χ3n) is 4.68. The molecule has 0 radical (unpaired) electrons. The van der Waals surface area contributed by atoms with Gasteiger partial charge in [-0.3, -0.25) is 4.79 Å². The van der Waals surface area contributed by atoms with Crippen LogP contribution in [0.2, 0.25) is 0 Å². The molecule has 0 saturated carbocycles. The number of carbonyl (C=O) groups excluding carboxylic acids is 2. The van der Waals surface area contributed by atoms with Gasteiger partial charge in [-0.2, -0.15) is 0 Å². The van der Waals surface area contributed by atoms with E-state index in [2.05, 4.69) is 4.74 Å². The lowest BCUT2D eigenvalue weighted by Crippen LogP contribution is -1.99. The Morgan fingerprint density at radius 3 is 1.29 bits per heavy atom. The maximum Gasteiger partial charge on any atom is 0.305 e. The molecule has 0 fully saturated rings. The van der Waals surface area contributed by atoms with Crippen LogP contribution in [0.15, 0.2) is 0 Å². The number of rotatable bonds is 19. The van der Waals surface area contributed by atoms with Crippen LogP contribution in [-0.2, 0) is 14.3 Å². The Balaban J connectivity index is 3.00. The first-order valence-corrected chi connectivity index (χ1v) is 10.3. The molecule has 0 saturated heterocycles. The van der Waals surface area contributed by atoms with Crippen LogP contribution in [-0.4, -0.2) is 19.4 Å². The van der Waals surface area contributed by atoms with Crippen molar-refractivity contribution in [2.24, 2.45) is 0 Å². The number of hydrogen-bond acceptors (Lipinski definition) is 3. The number of methoxy groups -OCH3 is 1. The molecule has 0 unspecified atom stereocenters. The van der Waals surface area contributed by atoms with Gasteiger partial charge in [0.2, 0.25) is 0 Å². The Bertz CT molecular complexity index is 276. The number of carbonyl (C=O) groups is 2. The second-order valence-corrected chi connectivity index (χ2v) is 6.94. The molecule has 0 aliphatic rings. The lowest BCUT2D eigenvalue weighted by Gasteiger charge is -2.03. The van der Waals surface area contributed by atoms with Crippen LogP contribution in [0.3, 0.4) is 0 Å². The van der Waals surface area contributed by atoms with Gasteiger partial charge in [-0.15, -0.1) is 0 Å². The third kappa shape index (κ3) is 19.2. The summed E-state index contributed by atoms with van der Waals surface area (Å²) in [6.07, 6.45) is 23.0. The minimum atomic E-state index is -0.0760. The van der Waals surface area contributed by atoms with Gasteiger partial charge in [-0.1, -0.05) is 89.9 Å². The Morgan fingerprint density at radius 2 is 0.958 bits per heavy atom. The van der Waals surface area contributed by atoms with E-state index >= 15 is 0 Å². The van der Waals surface area contributed by atoms with Crippen molar-refractivity contribution in [3.8, 4) is 0 Å². The van der Waals surface area contributed by atoms with E-state index in [-0.39, 0.29) is 5.97 Å². The number of aldehydes is 1. The molecule has 0 rings (SSSR count). The molecule has 3 nitrogen and oxygen atoms in total. The summed E-state index contributed by atoms with van der Waals surface area (Å²) in [4.78, 5) is 21.1. The molecule has 3 heteroatoms. The van der Waals surface area contributed by atoms with Crippen molar-refractivity contribution in [2.75, 3.05) is 7.11 Å². The first kappa shape index (κ1) is 23.1. The number of unbranched alkanes of at least 4 members (excludes halogenated alkanes) is 16. The predicted molar refractivity (Wildman–Crippen MR) is 101 cm³/mol. The van der Waals surface area contributed by atoms with Crippen LogP contribution in [0.4, 0.5) is 0 Å². The van der Waals surface area contributed by atoms with E-state index in [0.717, 1.165) is 32.0 Å². The summed E-state index contributed by atoms with van der Waals surface area (Å²) in [7, 11) is 1.46. The molecule has 0 spiro atoms. The number of ether oxygens (including phenoxy) is 1. The van der Waals surface area contributed by atoms with Gasteiger partial charge in [0.15, 0.2) is 0 Å². The van der Waals surface area contributed by atoms with Gasteiger partial charge < -0.3 is 9.53 Å². The summed E-state index contributed by atoms with van der Waals surface area (Å²) >= 11 is 0. The first-order valence-electron chi connectivity index (χ1n) is 10.3. The molecule has 0 aromatic heterocycles. The summed E-state index contributed by atoms with van der Waals surface area (Å²) < 4.78 is 4.63. The van der Waals surface area contributed by atoms with Gasteiger partial charge in [0.25, 0.3) is 0 Å². The first-order chi connectivity index (χ1) is 11.8. The van der Waals surface area contributed by atoms with E-state index in [0.29, 0.717) is 6.42 Å². The smallest absolute Gasteiger partial charge is 0.305 e. The number of esters is 1. The van der Waals surface area contributed by atoms with Crippen molar-refractivity contribution in [1.82, 2.24) is 0 Å². The van der Waals surface area contributed by atoms with Gasteiger partial charge in [0, 0.05) is 12.8 Å². The van der Waals surface area contributed by atoms with E-state index in [1.165, 1.54) is 90.6 Å². The average molecular weight is 341 g/mol. The maximum absolute atomic E-state index is 10.9. The van der Waals surface area contributed by atoms with Crippen molar-refractivity contribution in [3.05, 3.63) is 0 Å². The third-order valence-corrected chi connectivity index (χ3v) is 4.68. The highest BCUT2D eigenvalue weighted by molar-refractivity contribution is 5.68. The van der Waals surface area contributed by atoms with Crippen LogP contribution < -0.4 is 0 Å². The zero-order chi connectivity index (χ0) is 17.7. The molecule has 0 aromatic rings. The van der Waals surface area contributed by atoms with Crippen molar-refractivity contribution in [3.63, 3.8) is 0 Å². The van der Waals surface area contributed by atoms with E-state index in [9.17, 15) is 9.59 Å². The van der Waals surface area contributed by atoms with E-state index < -0.39 is 0 Å².